The Kier molecular flexibility index (Phi) is 9.34. The summed E-state index contributed by atoms with van der Waals surface area (Å²) in [5.74, 6) is 1.84. The van der Waals surface area contributed by atoms with Crippen LogP contribution < -0.4 is 0 Å². The maximum atomic E-state index is 8.24. The zero-order chi connectivity index (χ0) is 7.28. The number of nitriles is 1. The number of hydrogen-bond donors (Lipinski definition) is 0. The molecule has 1 saturated carbocycles. The smallest absolute Gasteiger partial charge is 0.0602 e. The maximum absolute atomic E-state index is 8.24. The first-order valence-corrected chi connectivity index (χ1v) is 3.54. The van der Waals surface area contributed by atoms with Crippen molar-refractivity contribution in [3.8, 4) is 6.07 Å². The van der Waals surface area contributed by atoms with Crippen molar-refractivity contribution in [3.05, 3.63) is 5.92 Å². The molecule has 0 atom stereocenters. The largest absolute Gasteiger partial charge is 0.314 e. The second kappa shape index (κ2) is 7.29. The Bertz CT molecular complexity index is 100. The molecular formula is C8H14NW-. The SMILES string of the molecule is CC.C[C-]1CC(C#N)C1.[W]. The van der Waals surface area contributed by atoms with Crippen LogP contribution in [0.25, 0.3) is 0 Å². The van der Waals surface area contributed by atoms with Gasteiger partial charge in [-0.05, 0) is 5.92 Å². The standard InChI is InChI=1S/C6H8N.C2H6.W/c1-5-2-6(3-5)4-7;1-2;/h6H,2-3H2,1H3;1-2H3;/q-1;;. The molecule has 0 N–H and O–H groups in total. The molecule has 1 aliphatic carbocycles. The van der Waals surface area contributed by atoms with Crippen LogP contribution in [0.5, 0.6) is 0 Å². The Balaban J connectivity index is 0. The second-order valence-electron chi connectivity index (χ2n) is 2.19. The first kappa shape index (κ1) is 12.8. The third kappa shape index (κ3) is 4.07. The fourth-order valence-corrected chi connectivity index (χ4v) is 0.873. The van der Waals surface area contributed by atoms with E-state index < -0.39 is 0 Å². The molecule has 1 nitrogen and oxygen atoms in total. The third-order valence-corrected chi connectivity index (χ3v) is 1.37. The molecule has 0 saturated heterocycles. The fraction of sp³-hybridized carbons (Fsp3) is 0.750. The molecule has 0 heterocycles. The summed E-state index contributed by atoms with van der Waals surface area (Å²) in [7, 11) is 0. The predicted octanol–water partition coefficient (Wildman–Crippen LogP) is 2.54. The Morgan fingerprint density at radius 1 is 1.40 bits per heavy atom. The molecule has 10 heavy (non-hydrogen) atoms. The van der Waals surface area contributed by atoms with Crippen molar-refractivity contribution in [3.63, 3.8) is 0 Å². The van der Waals surface area contributed by atoms with Crippen molar-refractivity contribution < 1.29 is 21.1 Å². The summed E-state index contributed by atoms with van der Waals surface area (Å²) in [6, 6.07) is 2.21. The minimum Gasteiger partial charge on any atom is -0.314 e. The Hall–Kier alpha value is 0.178. The molecular weight excluding hydrogens is 294 g/mol. The normalized spacial score (nSPS) is 17.0. The van der Waals surface area contributed by atoms with Gasteiger partial charge in [0.1, 0.15) is 0 Å². The van der Waals surface area contributed by atoms with E-state index in [1.165, 1.54) is 5.92 Å². The van der Waals surface area contributed by atoms with Crippen LogP contribution in [0.2, 0.25) is 0 Å². The van der Waals surface area contributed by atoms with E-state index in [1.807, 2.05) is 13.8 Å². The Morgan fingerprint density at radius 3 is 1.90 bits per heavy atom. The minimum absolute atomic E-state index is 0. The molecule has 0 aromatic carbocycles. The zero-order valence-electron chi connectivity index (χ0n) is 6.85. The van der Waals surface area contributed by atoms with Crippen molar-refractivity contribution >= 4 is 0 Å². The van der Waals surface area contributed by atoms with Crippen molar-refractivity contribution in [1.29, 1.82) is 5.26 Å². The van der Waals surface area contributed by atoms with Crippen LogP contribution in [0.4, 0.5) is 0 Å². The van der Waals surface area contributed by atoms with Gasteiger partial charge in [-0.25, -0.2) is 0 Å². The molecule has 0 amide bonds. The molecule has 58 valence electrons. The van der Waals surface area contributed by atoms with Gasteiger partial charge < -0.3 is 5.92 Å². The van der Waals surface area contributed by atoms with Crippen molar-refractivity contribution in [2.75, 3.05) is 0 Å². The van der Waals surface area contributed by atoms with Crippen LogP contribution in [0.15, 0.2) is 0 Å². The van der Waals surface area contributed by atoms with Crippen LogP contribution >= 0.6 is 0 Å². The molecule has 0 aromatic rings. The molecule has 0 bridgehead atoms. The van der Waals surface area contributed by atoms with E-state index in [4.69, 9.17) is 5.26 Å². The summed E-state index contributed by atoms with van der Waals surface area (Å²) < 4.78 is 0. The van der Waals surface area contributed by atoms with Gasteiger partial charge in [-0.15, -0.1) is 0 Å². The van der Waals surface area contributed by atoms with Gasteiger partial charge >= 0.3 is 0 Å². The summed E-state index contributed by atoms with van der Waals surface area (Å²) in [5.41, 5.74) is 0. The van der Waals surface area contributed by atoms with E-state index in [1.54, 1.807) is 0 Å². The Labute approximate surface area is 78.1 Å². The van der Waals surface area contributed by atoms with Gasteiger partial charge in [-0.1, -0.05) is 13.8 Å². The van der Waals surface area contributed by atoms with E-state index in [0.29, 0.717) is 5.92 Å². The van der Waals surface area contributed by atoms with Gasteiger partial charge in [-0.3, -0.25) is 0 Å². The fourth-order valence-electron chi connectivity index (χ4n) is 0.873. The summed E-state index contributed by atoms with van der Waals surface area (Å²) in [6.45, 7) is 6.10. The summed E-state index contributed by atoms with van der Waals surface area (Å²) >= 11 is 0. The van der Waals surface area contributed by atoms with Crippen molar-refractivity contribution in [2.45, 2.75) is 33.6 Å². The first-order valence-electron chi connectivity index (χ1n) is 3.54. The van der Waals surface area contributed by atoms with Gasteiger partial charge in [0.25, 0.3) is 0 Å². The summed E-state index contributed by atoms with van der Waals surface area (Å²) in [5, 5.41) is 8.24. The van der Waals surface area contributed by atoms with Crippen LogP contribution in [0.3, 0.4) is 0 Å². The van der Waals surface area contributed by atoms with Gasteiger partial charge in [0.15, 0.2) is 0 Å². The van der Waals surface area contributed by atoms with E-state index in [9.17, 15) is 0 Å². The van der Waals surface area contributed by atoms with Crippen LogP contribution in [-0.2, 0) is 21.1 Å². The molecule has 0 spiro atoms. The average molecular weight is 308 g/mol. The molecule has 0 radical (unpaired) electrons. The van der Waals surface area contributed by atoms with Crippen LogP contribution in [-0.4, -0.2) is 0 Å². The van der Waals surface area contributed by atoms with Gasteiger partial charge in [0, 0.05) is 21.1 Å². The van der Waals surface area contributed by atoms with Gasteiger partial charge in [-0.2, -0.15) is 25.0 Å². The van der Waals surface area contributed by atoms with Gasteiger partial charge in [0.05, 0.1) is 6.07 Å². The number of hydrogen-bond acceptors (Lipinski definition) is 1. The first-order chi connectivity index (χ1) is 4.33. The number of rotatable bonds is 0. The maximum Gasteiger partial charge on any atom is 0.0602 e. The summed E-state index contributed by atoms with van der Waals surface area (Å²) in [6.07, 6.45) is 2.10. The molecule has 1 aliphatic rings. The average Bonchev–Trinajstić information content (AvgIpc) is 1.86. The van der Waals surface area contributed by atoms with Gasteiger partial charge in [0.2, 0.25) is 0 Å². The molecule has 1 fully saturated rings. The topological polar surface area (TPSA) is 23.8 Å². The van der Waals surface area contributed by atoms with Crippen molar-refractivity contribution in [1.82, 2.24) is 0 Å². The van der Waals surface area contributed by atoms with E-state index in [-0.39, 0.29) is 21.1 Å². The van der Waals surface area contributed by atoms with E-state index >= 15 is 0 Å². The summed E-state index contributed by atoms with van der Waals surface area (Å²) in [4.78, 5) is 0. The van der Waals surface area contributed by atoms with Crippen LogP contribution in [0.1, 0.15) is 33.6 Å². The number of nitrogens with zero attached hydrogens (tertiary/aromatic N) is 1. The zero-order valence-corrected chi connectivity index (χ0v) is 9.78. The van der Waals surface area contributed by atoms with Crippen molar-refractivity contribution in [2.24, 2.45) is 5.92 Å². The Morgan fingerprint density at radius 2 is 1.80 bits per heavy atom. The quantitative estimate of drug-likeness (QED) is 0.631. The second-order valence-corrected chi connectivity index (χ2v) is 2.19. The molecule has 2 heteroatoms. The minimum atomic E-state index is 0. The molecule has 0 aromatic heterocycles. The third-order valence-electron chi connectivity index (χ3n) is 1.37. The molecule has 0 aliphatic heterocycles. The molecule has 1 rings (SSSR count). The molecule has 0 unspecified atom stereocenters. The van der Waals surface area contributed by atoms with E-state index in [0.717, 1.165) is 12.8 Å². The monoisotopic (exact) mass is 308 g/mol. The predicted molar refractivity (Wildman–Crippen MR) is 38.6 cm³/mol. The van der Waals surface area contributed by atoms with E-state index in [2.05, 4.69) is 13.0 Å². The van der Waals surface area contributed by atoms with Crippen LogP contribution in [0, 0.1) is 23.2 Å².